The summed E-state index contributed by atoms with van der Waals surface area (Å²) in [6.07, 6.45) is 0. The van der Waals surface area contributed by atoms with Crippen molar-refractivity contribution in [3.8, 4) is 5.75 Å². The second kappa shape index (κ2) is 7.44. The van der Waals surface area contributed by atoms with Crippen molar-refractivity contribution in [2.75, 3.05) is 11.9 Å². The number of nitrogens with one attached hydrogen (secondary N) is 1. The van der Waals surface area contributed by atoms with E-state index in [0.717, 1.165) is 15.6 Å². The van der Waals surface area contributed by atoms with Crippen LogP contribution < -0.4 is 10.1 Å². The molecule has 7 heteroatoms. The van der Waals surface area contributed by atoms with Crippen molar-refractivity contribution in [3.05, 3.63) is 61.6 Å². The van der Waals surface area contributed by atoms with Gasteiger partial charge in [-0.2, -0.15) is 0 Å². The Labute approximate surface area is 148 Å². The van der Waals surface area contributed by atoms with Crippen LogP contribution in [0.4, 0.5) is 11.4 Å². The van der Waals surface area contributed by atoms with E-state index in [4.69, 9.17) is 4.74 Å². The first kappa shape index (κ1) is 17.9. The molecule has 2 aromatic carbocycles. The molecule has 1 amide bonds. The first-order valence-corrected chi connectivity index (χ1v) is 8.01. The van der Waals surface area contributed by atoms with Gasteiger partial charge in [0.1, 0.15) is 0 Å². The highest BCUT2D eigenvalue weighted by Gasteiger charge is 2.19. The first-order chi connectivity index (χ1) is 11.3. The van der Waals surface area contributed by atoms with Crippen molar-refractivity contribution >= 4 is 33.2 Å². The third kappa shape index (κ3) is 4.32. The van der Waals surface area contributed by atoms with Crippen LogP contribution in [0.2, 0.25) is 0 Å². The summed E-state index contributed by atoms with van der Waals surface area (Å²) in [6, 6.07) is 8.68. The lowest BCUT2D eigenvalue weighted by atomic mass is 10.1. The van der Waals surface area contributed by atoms with Crippen LogP contribution in [0.15, 0.2) is 34.8 Å². The van der Waals surface area contributed by atoms with Gasteiger partial charge in [-0.25, -0.2) is 0 Å². The molecule has 0 atom stereocenters. The maximum atomic E-state index is 12.1. The molecule has 0 aliphatic heterocycles. The van der Waals surface area contributed by atoms with Gasteiger partial charge in [0.25, 0.3) is 5.91 Å². The number of hydrogen-bond donors (Lipinski definition) is 1. The molecule has 0 fully saturated rings. The Morgan fingerprint density at radius 3 is 2.54 bits per heavy atom. The number of carbonyl (C=O) groups excluding carboxylic acids is 1. The lowest BCUT2D eigenvalue weighted by molar-refractivity contribution is -0.385. The summed E-state index contributed by atoms with van der Waals surface area (Å²) in [4.78, 5) is 22.7. The summed E-state index contributed by atoms with van der Waals surface area (Å²) in [5.74, 6) is -0.261. The van der Waals surface area contributed by atoms with Crippen molar-refractivity contribution in [3.63, 3.8) is 0 Å². The number of hydrogen-bond acceptors (Lipinski definition) is 4. The van der Waals surface area contributed by atoms with Crippen LogP contribution in [-0.2, 0) is 4.79 Å². The van der Waals surface area contributed by atoms with Crippen LogP contribution in [0.5, 0.6) is 5.75 Å². The SMILES string of the molecule is Cc1cc(C)c(OCC(=O)Nc2ccc(Br)cc2C)c([N+](=O)[O-])c1. The Balaban J connectivity index is 2.10. The lowest BCUT2D eigenvalue weighted by Crippen LogP contribution is -2.21. The van der Waals surface area contributed by atoms with Crippen LogP contribution in [0.1, 0.15) is 16.7 Å². The maximum Gasteiger partial charge on any atom is 0.311 e. The zero-order valence-corrected chi connectivity index (χ0v) is 15.1. The Kier molecular flexibility index (Phi) is 5.56. The van der Waals surface area contributed by atoms with E-state index in [1.807, 2.05) is 19.1 Å². The Morgan fingerprint density at radius 1 is 1.21 bits per heavy atom. The molecule has 0 aromatic heterocycles. The number of aryl methyl sites for hydroxylation is 3. The third-order valence-electron chi connectivity index (χ3n) is 3.41. The van der Waals surface area contributed by atoms with Crippen LogP contribution in [0.3, 0.4) is 0 Å². The molecular formula is C17H17BrN2O4. The monoisotopic (exact) mass is 392 g/mol. The number of rotatable bonds is 5. The molecule has 0 unspecified atom stereocenters. The fourth-order valence-electron chi connectivity index (χ4n) is 2.35. The van der Waals surface area contributed by atoms with Gasteiger partial charge in [0.2, 0.25) is 5.75 Å². The number of carbonyl (C=O) groups is 1. The van der Waals surface area contributed by atoms with Gasteiger partial charge in [0.05, 0.1) is 4.92 Å². The number of halogens is 1. The summed E-state index contributed by atoms with van der Waals surface area (Å²) < 4.78 is 6.34. The van der Waals surface area contributed by atoms with E-state index in [1.54, 1.807) is 26.0 Å². The van der Waals surface area contributed by atoms with Crippen molar-refractivity contribution in [1.82, 2.24) is 0 Å². The standard InChI is InChI=1S/C17H17BrN2O4/c1-10-6-12(3)17(15(7-10)20(22)23)24-9-16(21)19-14-5-4-13(18)8-11(14)2/h4-8H,9H2,1-3H3,(H,19,21). The Bertz CT molecular complexity index is 805. The smallest absolute Gasteiger partial charge is 0.311 e. The highest BCUT2D eigenvalue weighted by atomic mass is 79.9. The molecule has 6 nitrogen and oxygen atoms in total. The van der Waals surface area contributed by atoms with E-state index in [-0.39, 0.29) is 24.0 Å². The molecule has 0 radical (unpaired) electrons. The summed E-state index contributed by atoms with van der Waals surface area (Å²) in [5.41, 5.74) is 2.81. The topological polar surface area (TPSA) is 81.5 Å². The van der Waals surface area contributed by atoms with E-state index in [9.17, 15) is 14.9 Å². The number of ether oxygens (including phenoxy) is 1. The van der Waals surface area contributed by atoms with Crippen molar-refractivity contribution < 1.29 is 14.5 Å². The highest BCUT2D eigenvalue weighted by molar-refractivity contribution is 9.10. The number of anilines is 1. The van der Waals surface area contributed by atoms with Crippen LogP contribution in [0, 0.1) is 30.9 Å². The molecule has 24 heavy (non-hydrogen) atoms. The minimum atomic E-state index is -0.508. The molecule has 1 N–H and O–H groups in total. The summed E-state index contributed by atoms with van der Waals surface area (Å²) in [5, 5.41) is 13.9. The van der Waals surface area contributed by atoms with Crippen LogP contribution in [-0.4, -0.2) is 17.4 Å². The van der Waals surface area contributed by atoms with Gasteiger partial charge >= 0.3 is 5.69 Å². The Hall–Kier alpha value is -2.41. The first-order valence-electron chi connectivity index (χ1n) is 7.22. The molecule has 126 valence electrons. The minimum absolute atomic E-state index is 0.119. The normalized spacial score (nSPS) is 10.3. The highest BCUT2D eigenvalue weighted by Crippen LogP contribution is 2.32. The number of nitro benzene ring substituents is 1. The second-order valence-corrected chi connectivity index (χ2v) is 6.40. The van der Waals surface area contributed by atoms with Crippen LogP contribution in [0.25, 0.3) is 0 Å². The fraction of sp³-hybridized carbons (Fsp3) is 0.235. The Morgan fingerprint density at radius 2 is 1.92 bits per heavy atom. The average molecular weight is 393 g/mol. The zero-order chi connectivity index (χ0) is 17.9. The summed E-state index contributed by atoms with van der Waals surface area (Å²) in [6.45, 7) is 5.05. The molecule has 0 spiro atoms. The molecule has 0 bridgehead atoms. The molecular weight excluding hydrogens is 376 g/mol. The predicted octanol–water partition coefficient (Wildman–Crippen LogP) is 4.30. The van der Waals surface area contributed by atoms with Gasteiger partial charge in [-0.15, -0.1) is 0 Å². The van der Waals surface area contributed by atoms with Gasteiger partial charge in [0, 0.05) is 16.2 Å². The van der Waals surface area contributed by atoms with Crippen molar-refractivity contribution in [2.24, 2.45) is 0 Å². The van der Waals surface area contributed by atoms with Gasteiger partial charge in [-0.3, -0.25) is 14.9 Å². The van der Waals surface area contributed by atoms with Crippen molar-refractivity contribution in [1.29, 1.82) is 0 Å². The van der Waals surface area contributed by atoms with E-state index >= 15 is 0 Å². The molecule has 0 saturated heterocycles. The molecule has 2 aromatic rings. The maximum absolute atomic E-state index is 12.1. The number of nitrogens with zero attached hydrogens (tertiary/aromatic N) is 1. The number of nitro groups is 1. The van der Waals surface area contributed by atoms with E-state index in [0.29, 0.717) is 11.3 Å². The molecule has 2 rings (SSSR count). The third-order valence-corrected chi connectivity index (χ3v) is 3.90. The van der Waals surface area contributed by atoms with Crippen LogP contribution >= 0.6 is 15.9 Å². The molecule has 0 aliphatic rings. The largest absolute Gasteiger partial charge is 0.477 e. The number of benzene rings is 2. The predicted molar refractivity (Wildman–Crippen MR) is 95.6 cm³/mol. The van der Waals surface area contributed by atoms with Crippen molar-refractivity contribution in [2.45, 2.75) is 20.8 Å². The second-order valence-electron chi connectivity index (χ2n) is 5.48. The summed E-state index contributed by atoms with van der Waals surface area (Å²) in [7, 11) is 0. The molecule has 0 heterocycles. The lowest BCUT2D eigenvalue weighted by Gasteiger charge is -2.12. The van der Waals surface area contributed by atoms with E-state index < -0.39 is 4.92 Å². The van der Waals surface area contributed by atoms with E-state index in [1.165, 1.54) is 6.07 Å². The molecule has 0 aliphatic carbocycles. The zero-order valence-electron chi connectivity index (χ0n) is 13.6. The van der Waals surface area contributed by atoms with Gasteiger partial charge < -0.3 is 10.1 Å². The summed E-state index contributed by atoms with van der Waals surface area (Å²) >= 11 is 3.36. The average Bonchev–Trinajstić information content (AvgIpc) is 2.48. The number of amides is 1. The quantitative estimate of drug-likeness (QED) is 0.607. The fourth-order valence-corrected chi connectivity index (χ4v) is 2.82. The van der Waals surface area contributed by atoms with Gasteiger partial charge in [0.15, 0.2) is 6.61 Å². The van der Waals surface area contributed by atoms with Gasteiger partial charge in [-0.05, 0) is 55.7 Å². The van der Waals surface area contributed by atoms with Gasteiger partial charge in [-0.1, -0.05) is 22.0 Å². The van der Waals surface area contributed by atoms with E-state index in [2.05, 4.69) is 21.2 Å². The minimum Gasteiger partial charge on any atom is -0.477 e. The molecule has 0 saturated carbocycles.